The molecule has 6 nitrogen and oxygen atoms in total. The molecule has 1 aliphatic rings. The Labute approximate surface area is 124 Å². The topological polar surface area (TPSA) is 83.7 Å². The van der Waals surface area contributed by atoms with Gasteiger partial charge in [-0.05, 0) is 31.9 Å². The van der Waals surface area contributed by atoms with Crippen LogP contribution in [0.3, 0.4) is 0 Å². The van der Waals surface area contributed by atoms with Crippen LogP contribution in [0.15, 0.2) is 21.7 Å². The molecule has 21 heavy (non-hydrogen) atoms. The quantitative estimate of drug-likeness (QED) is 0.640. The number of hydrogen-bond acceptors (Lipinski definition) is 4. The number of carbonyl (C=O) groups is 2. The zero-order valence-electron chi connectivity index (χ0n) is 12.2. The molecule has 6 heteroatoms. The lowest BCUT2D eigenvalue weighted by atomic mass is 9.89. The van der Waals surface area contributed by atoms with Crippen molar-refractivity contribution in [1.29, 1.82) is 0 Å². The molecule has 1 aromatic rings. The van der Waals surface area contributed by atoms with Crippen LogP contribution in [-0.2, 0) is 9.59 Å². The SMILES string of the molecule is Cc1ccc(C=NNC(=O)CNC(=O)C2CCCCC2)o1. The molecule has 114 valence electrons. The molecular formula is C15H21N3O3. The summed E-state index contributed by atoms with van der Waals surface area (Å²) in [5, 5.41) is 6.43. The van der Waals surface area contributed by atoms with Crippen molar-refractivity contribution in [3.63, 3.8) is 0 Å². The van der Waals surface area contributed by atoms with E-state index in [1.807, 2.05) is 13.0 Å². The molecule has 1 aromatic heterocycles. The maximum absolute atomic E-state index is 11.9. The van der Waals surface area contributed by atoms with Crippen molar-refractivity contribution in [3.05, 3.63) is 23.7 Å². The van der Waals surface area contributed by atoms with E-state index in [0.29, 0.717) is 5.76 Å². The Morgan fingerprint density at radius 1 is 1.33 bits per heavy atom. The average Bonchev–Trinajstić information content (AvgIpc) is 2.91. The molecule has 2 N–H and O–H groups in total. The van der Waals surface area contributed by atoms with E-state index in [-0.39, 0.29) is 24.3 Å². The van der Waals surface area contributed by atoms with Gasteiger partial charge in [-0.3, -0.25) is 9.59 Å². The van der Waals surface area contributed by atoms with Crippen molar-refractivity contribution >= 4 is 18.0 Å². The third-order valence-corrected chi connectivity index (χ3v) is 3.54. The molecule has 2 amide bonds. The van der Waals surface area contributed by atoms with Crippen LogP contribution in [0, 0.1) is 12.8 Å². The first kappa shape index (κ1) is 15.3. The average molecular weight is 291 g/mol. The van der Waals surface area contributed by atoms with Crippen LogP contribution in [0.5, 0.6) is 0 Å². The molecule has 0 unspecified atom stereocenters. The van der Waals surface area contributed by atoms with Gasteiger partial charge in [0.15, 0.2) is 0 Å². The van der Waals surface area contributed by atoms with Crippen LogP contribution in [0.25, 0.3) is 0 Å². The van der Waals surface area contributed by atoms with E-state index in [1.165, 1.54) is 12.6 Å². The number of nitrogens with zero attached hydrogens (tertiary/aromatic N) is 1. The summed E-state index contributed by atoms with van der Waals surface area (Å²) >= 11 is 0. The molecule has 0 saturated heterocycles. The number of aryl methyl sites for hydroxylation is 1. The number of nitrogens with one attached hydrogen (secondary N) is 2. The first-order valence-corrected chi connectivity index (χ1v) is 7.31. The van der Waals surface area contributed by atoms with Crippen LogP contribution >= 0.6 is 0 Å². The van der Waals surface area contributed by atoms with E-state index in [4.69, 9.17) is 4.42 Å². The summed E-state index contributed by atoms with van der Waals surface area (Å²) in [7, 11) is 0. The summed E-state index contributed by atoms with van der Waals surface area (Å²) in [6.07, 6.45) is 6.65. The number of carbonyl (C=O) groups excluding carboxylic acids is 2. The molecule has 1 heterocycles. The van der Waals surface area contributed by atoms with Gasteiger partial charge in [0.05, 0.1) is 12.8 Å². The summed E-state index contributed by atoms with van der Waals surface area (Å²) < 4.78 is 5.27. The Morgan fingerprint density at radius 2 is 2.10 bits per heavy atom. The predicted molar refractivity (Wildman–Crippen MR) is 78.8 cm³/mol. The molecule has 0 atom stereocenters. The van der Waals surface area contributed by atoms with Gasteiger partial charge in [-0.15, -0.1) is 0 Å². The van der Waals surface area contributed by atoms with Crippen LogP contribution in [0.1, 0.15) is 43.6 Å². The van der Waals surface area contributed by atoms with E-state index in [1.54, 1.807) is 6.07 Å². The lowest BCUT2D eigenvalue weighted by Crippen LogP contribution is -2.38. The minimum atomic E-state index is -0.348. The molecule has 0 spiro atoms. The standard InChI is InChI=1S/C15H21N3O3/c1-11-7-8-13(21-11)9-17-18-14(19)10-16-15(20)12-5-3-2-4-6-12/h7-9,12H,2-6,10H2,1H3,(H,16,20)(H,18,19). The van der Waals surface area contributed by atoms with E-state index in [2.05, 4.69) is 15.8 Å². The van der Waals surface area contributed by atoms with Crippen molar-refractivity contribution in [3.8, 4) is 0 Å². The van der Waals surface area contributed by atoms with E-state index in [9.17, 15) is 9.59 Å². The van der Waals surface area contributed by atoms with Gasteiger partial charge in [0.25, 0.3) is 5.91 Å². The zero-order chi connectivity index (χ0) is 15.1. The second-order valence-corrected chi connectivity index (χ2v) is 5.29. The highest BCUT2D eigenvalue weighted by molar-refractivity contribution is 5.86. The third-order valence-electron chi connectivity index (χ3n) is 3.54. The van der Waals surface area contributed by atoms with Gasteiger partial charge in [-0.2, -0.15) is 5.10 Å². The van der Waals surface area contributed by atoms with Crippen molar-refractivity contribution < 1.29 is 14.0 Å². The van der Waals surface area contributed by atoms with Crippen molar-refractivity contribution in [2.45, 2.75) is 39.0 Å². The smallest absolute Gasteiger partial charge is 0.259 e. The molecule has 1 aliphatic carbocycles. The molecule has 1 saturated carbocycles. The highest BCUT2D eigenvalue weighted by Gasteiger charge is 2.21. The van der Waals surface area contributed by atoms with Gasteiger partial charge >= 0.3 is 0 Å². The molecule has 0 bridgehead atoms. The Hall–Kier alpha value is -2.11. The number of amides is 2. The van der Waals surface area contributed by atoms with Crippen LogP contribution in [0.2, 0.25) is 0 Å². The van der Waals surface area contributed by atoms with Crippen LogP contribution in [0.4, 0.5) is 0 Å². The maximum Gasteiger partial charge on any atom is 0.259 e. The van der Waals surface area contributed by atoms with Gasteiger partial charge in [0, 0.05) is 5.92 Å². The minimum absolute atomic E-state index is 0.0320. The molecule has 2 rings (SSSR count). The second-order valence-electron chi connectivity index (χ2n) is 5.29. The first-order valence-electron chi connectivity index (χ1n) is 7.31. The second kappa shape index (κ2) is 7.61. The summed E-state index contributed by atoms with van der Waals surface area (Å²) in [5.74, 6) is 1.02. The van der Waals surface area contributed by atoms with Crippen LogP contribution in [-0.4, -0.2) is 24.6 Å². The minimum Gasteiger partial charge on any atom is -0.460 e. The van der Waals surface area contributed by atoms with E-state index >= 15 is 0 Å². The van der Waals surface area contributed by atoms with Gasteiger partial charge in [-0.1, -0.05) is 19.3 Å². The molecule has 0 aliphatic heterocycles. The van der Waals surface area contributed by atoms with Crippen molar-refractivity contribution in [2.75, 3.05) is 6.54 Å². The third kappa shape index (κ3) is 5.06. The van der Waals surface area contributed by atoms with Gasteiger partial charge in [-0.25, -0.2) is 5.43 Å². The summed E-state index contributed by atoms with van der Waals surface area (Å²) in [6.45, 7) is 1.78. The molecule has 1 fully saturated rings. The Morgan fingerprint density at radius 3 is 2.76 bits per heavy atom. The fourth-order valence-corrected chi connectivity index (χ4v) is 2.41. The highest BCUT2D eigenvalue weighted by Crippen LogP contribution is 2.23. The highest BCUT2D eigenvalue weighted by atomic mass is 16.3. The van der Waals surface area contributed by atoms with Crippen molar-refractivity contribution in [2.24, 2.45) is 11.0 Å². The Bertz CT molecular complexity index is 516. The van der Waals surface area contributed by atoms with Crippen molar-refractivity contribution in [1.82, 2.24) is 10.7 Å². The predicted octanol–water partition coefficient (Wildman–Crippen LogP) is 1.73. The lowest BCUT2D eigenvalue weighted by Gasteiger charge is -2.20. The van der Waals surface area contributed by atoms with Gasteiger partial charge in [0.2, 0.25) is 5.91 Å². The molecule has 0 aromatic carbocycles. The number of rotatable bonds is 5. The number of furan rings is 1. The fourth-order valence-electron chi connectivity index (χ4n) is 2.41. The number of hydrogen-bond donors (Lipinski definition) is 2. The van der Waals surface area contributed by atoms with Gasteiger partial charge < -0.3 is 9.73 Å². The van der Waals surface area contributed by atoms with Gasteiger partial charge in [0.1, 0.15) is 11.5 Å². The monoisotopic (exact) mass is 291 g/mol. The normalized spacial score (nSPS) is 16.0. The molecule has 0 radical (unpaired) electrons. The van der Waals surface area contributed by atoms with E-state index in [0.717, 1.165) is 31.4 Å². The Balaban J connectivity index is 1.67. The zero-order valence-corrected chi connectivity index (χ0v) is 12.2. The fraction of sp³-hybridized carbons (Fsp3) is 0.533. The summed E-state index contributed by atoms with van der Waals surface area (Å²) in [6, 6.07) is 3.57. The van der Waals surface area contributed by atoms with Crippen LogP contribution < -0.4 is 10.7 Å². The van der Waals surface area contributed by atoms with E-state index < -0.39 is 0 Å². The maximum atomic E-state index is 11.9. The lowest BCUT2D eigenvalue weighted by molar-refractivity contribution is -0.129. The molecular weight excluding hydrogens is 270 g/mol. The largest absolute Gasteiger partial charge is 0.460 e. The summed E-state index contributed by atoms with van der Waals surface area (Å²) in [4.78, 5) is 23.4. The summed E-state index contributed by atoms with van der Waals surface area (Å²) in [5.41, 5.74) is 2.35. The number of hydrazone groups is 1. The Kier molecular flexibility index (Phi) is 5.54. The first-order chi connectivity index (χ1) is 10.1.